The molecular weight excluding hydrogens is 243 g/mol. The summed E-state index contributed by atoms with van der Waals surface area (Å²) in [6.45, 7) is -0.804. The third-order valence-corrected chi connectivity index (χ3v) is 2.46. The molecule has 1 atom stereocenters. The van der Waals surface area contributed by atoms with E-state index >= 15 is 0 Å². The van der Waals surface area contributed by atoms with E-state index in [-0.39, 0.29) is 22.6 Å². The van der Waals surface area contributed by atoms with Gasteiger partial charge in [-0.25, -0.2) is 9.18 Å². The maximum atomic E-state index is 12.9. The molecule has 0 radical (unpaired) electrons. The lowest BCUT2D eigenvalue weighted by molar-refractivity contribution is -0.150. The van der Waals surface area contributed by atoms with E-state index in [0.717, 1.165) is 7.11 Å². The summed E-state index contributed by atoms with van der Waals surface area (Å²) in [7, 11) is 3.92. The molecule has 18 heavy (non-hydrogen) atoms. The van der Waals surface area contributed by atoms with E-state index in [0.29, 0.717) is 0 Å². The Hall–Kier alpha value is -1.82. The number of alkyl halides is 1. The summed E-state index contributed by atoms with van der Waals surface area (Å²) in [5.74, 6) is -0.349. The maximum absolute atomic E-state index is 12.9. The number of ether oxygens (including phenoxy) is 3. The van der Waals surface area contributed by atoms with Crippen LogP contribution in [0.5, 0.6) is 11.5 Å². The van der Waals surface area contributed by atoms with Crippen molar-refractivity contribution in [3.8, 4) is 11.5 Å². The van der Waals surface area contributed by atoms with Crippen molar-refractivity contribution in [2.45, 2.75) is 12.8 Å². The zero-order valence-corrected chi connectivity index (χ0v) is 10.4. The molecule has 6 heteroatoms. The highest BCUT2D eigenvalue weighted by Gasteiger charge is 2.22. The normalized spacial score (nSPS) is 11.8. The van der Waals surface area contributed by atoms with Crippen LogP contribution in [0, 0.1) is 0 Å². The molecule has 1 aromatic carbocycles. The van der Waals surface area contributed by atoms with Crippen LogP contribution in [-0.2, 0) is 16.2 Å². The van der Waals surface area contributed by atoms with E-state index in [2.05, 4.69) is 4.74 Å². The quantitative estimate of drug-likeness (QED) is 0.808. The Morgan fingerprint density at radius 1 is 1.33 bits per heavy atom. The number of carbonyl (C=O) groups is 1. The van der Waals surface area contributed by atoms with Crippen LogP contribution in [0.3, 0.4) is 0 Å². The molecule has 5 nitrogen and oxygen atoms in total. The number of esters is 1. The summed E-state index contributed by atoms with van der Waals surface area (Å²) >= 11 is 0. The zero-order chi connectivity index (χ0) is 13.7. The molecule has 0 aliphatic carbocycles. The summed E-state index contributed by atoms with van der Waals surface area (Å²) in [5.41, 5.74) is 0.377. The fraction of sp³-hybridized carbons (Fsp3) is 0.417. The summed E-state index contributed by atoms with van der Waals surface area (Å²) in [6.07, 6.45) is -1.49. The number of rotatable bonds is 5. The highest BCUT2D eigenvalue weighted by molar-refractivity contribution is 5.76. The Morgan fingerprint density at radius 2 is 2.00 bits per heavy atom. The fourth-order valence-corrected chi connectivity index (χ4v) is 1.57. The van der Waals surface area contributed by atoms with Gasteiger partial charge >= 0.3 is 5.97 Å². The lowest BCUT2D eigenvalue weighted by Crippen LogP contribution is -2.14. The Kier molecular flexibility index (Phi) is 4.91. The topological polar surface area (TPSA) is 65.0 Å². The molecule has 1 rings (SSSR count). The van der Waals surface area contributed by atoms with Crippen LogP contribution in [-0.4, -0.2) is 32.4 Å². The van der Waals surface area contributed by atoms with E-state index in [1.165, 1.54) is 26.4 Å². The van der Waals surface area contributed by atoms with Crippen molar-refractivity contribution in [3.63, 3.8) is 0 Å². The molecule has 1 aromatic rings. The lowest BCUT2D eigenvalue weighted by Gasteiger charge is -2.15. The first kappa shape index (κ1) is 14.2. The van der Waals surface area contributed by atoms with E-state index < -0.39 is 18.7 Å². The van der Waals surface area contributed by atoms with Crippen LogP contribution >= 0.6 is 0 Å². The van der Waals surface area contributed by atoms with Crippen molar-refractivity contribution in [2.24, 2.45) is 0 Å². The molecule has 100 valence electrons. The molecule has 0 spiro atoms. The molecule has 1 unspecified atom stereocenters. The van der Waals surface area contributed by atoms with Crippen molar-refractivity contribution in [2.75, 3.05) is 21.3 Å². The fourth-order valence-electron chi connectivity index (χ4n) is 1.57. The largest absolute Gasteiger partial charge is 0.493 e. The molecule has 0 saturated heterocycles. The van der Waals surface area contributed by atoms with Gasteiger partial charge in [-0.15, -0.1) is 0 Å². The van der Waals surface area contributed by atoms with Crippen LogP contribution in [0.4, 0.5) is 4.39 Å². The Morgan fingerprint density at radius 3 is 2.44 bits per heavy atom. The van der Waals surface area contributed by atoms with Crippen LogP contribution in [0.1, 0.15) is 17.2 Å². The van der Waals surface area contributed by atoms with Gasteiger partial charge < -0.3 is 19.3 Å². The van der Waals surface area contributed by atoms with Crippen LogP contribution in [0.15, 0.2) is 12.1 Å². The monoisotopic (exact) mass is 258 g/mol. The third-order valence-electron chi connectivity index (χ3n) is 2.46. The Labute approximate surface area is 104 Å². The first-order valence-electron chi connectivity index (χ1n) is 5.15. The molecule has 0 amide bonds. The third kappa shape index (κ3) is 2.70. The van der Waals surface area contributed by atoms with Gasteiger partial charge in [-0.1, -0.05) is 0 Å². The highest BCUT2D eigenvalue weighted by atomic mass is 19.1. The number of hydrogen-bond acceptors (Lipinski definition) is 5. The summed E-state index contributed by atoms with van der Waals surface area (Å²) < 4.78 is 27.3. The van der Waals surface area contributed by atoms with Crippen molar-refractivity contribution >= 4 is 5.97 Å². The molecule has 0 aliphatic heterocycles. The summed E-state index contributed by atoms with van der Waals surface area (Å²) in [4.78, 5) is 11.2. The number of aliphatic hydroxyl groups excluding tert-OH is 1. The average molecular weight is 258 g/mol. The molecule has 0 aliphatic rings. The standard InChI is InChI=1S/C12H15FO5/c1-16-9-5-7(10(14)12(15)18-3)4-8(6-13)11(9)17-2/h4-5,10,14H,6H2,1-3H3. The second-order valence-corrected chi connectivity index (χ2v) is 3.47. The maximum Gasteiger partial charge on any atom is 0.339 e. The molecule has 0 bridgehead atoms. The van der Waals surface area contributed by atoms with Gasteiger partial charge in [0.25, 0.3) is 0 Å². The van der Waals surface area contributed by atoms with Gasteiger partial charge in [-0.2, -0.15) is 0 Å². The number of carbonyl (C=O) groups excluding carboxylic acids is 1. The lowest BCUT2D eigenvalue weighted by atomic mass is 10.0. The SMILES string of the molecule is COC(=O)C(O)c1cc(CF)c(OC)c(OC)c1. The number of benzene rings is 1. The number of hydrogen-bond donors (Lipinski definition) is 1. The van der Waals surface area contributed by atoms with Gasteiger partial charge in [0.15, 0.2) is 17.6 Å². The predicted octanol–water partition coefficient (Wildman–Crippen LogP) is 1.38. The second kappa shape index (κ2) is 6.20. The minimum absolute atomic E-state index is 0.187. The van der Waals surface area contributed by atoms with Crippen LogP contribution in [0.25, 0.3) is 0 Å². The van der Waals surface area contributed by atoms with Crippen LogP contribution < -0.4 is 9.47 Å². The van der Waals surface area contributed by atoms with E-state index in [9.17, 15) is 14.3 Å². The molecule has 1 N–H and O–H groups in total. The number of halogens is 1. The van der Waals surface area contributed by atoms with Gasteiger partial charge in [0, 0.05) is 5.56 Å². The van der Waals surface area contributed by atoms with Crippen molar-refractivity contribution in [1.82, 2.24) is 0 Å². The molecule has 0 fully saturated rings. The first-order chi connectivity index (χ1) is 8.58. The molecular formula is C12H15FO5. The van der Waals surface area contributed by atoms with Gasteiger partial charge in [0.1, 0.15) is 6.67 Å². The van der Waals surface area contributed by atoms with E-state index in [4.69, 9.17) is 9.47 Å². The van der Waals surface area contributed by atoms with Crippen LogP contribution in [0.2, 0.25) is 0 Å². The second-order valence-electron chi connectivity index (χ2n) is 3.47. The predicted molar refractivity (Wildman–Crippen MR) is 61.3 cm³/mol. The zero-order valence-electron chi connectivity index (χ0n) is 10.4. The first-order valence-corrected chi connectivity index (χ1v) is 5.15. The molecule has 0 saturated carbocycles. The highest BCUT2D eigenvalue weighted by Crippen LogP contribution is 2.35. The molecule has 0 heterocycles. The van der Waals surface area contributed by atoms with E-state index in [1.54, 1.807) is 0 Å². The summed E-state index contributed by atoms with van der Waals surface area (Å²) in [6, 6.07) is 2.74. The Balaban J connectivity index is 3.27. The van der Waals surface area contributed by atoms with Crippen molar-refractivity contribution in [3.05, 3.63) is 23.3 Å². The van der Waals surface area contributed by atoms with Crippen molar-refractivity contribution < 1.29 is 28.5 Å². The Bertz CT molecular complexity index is 407. The average Bonchev–Trinajstić information content (AvgIpc) is 2.43. The van der Waals surface area contributed by atoms with Gasteiger partial charge in [0.05, 0.1) is 21.3 Å². The minimum atomic E-state index is -1.49. The van der Waals surface area contributed by atoms with Crippen molar-refractivity contribution in [1.29, 1.82) is 0 Å². The molecule has 0 aromatic heterocycles. The smallest absolute Gasteiger partial charge is 0.339 e. The number of methoxy groups -OCH3 is 3. The van der Waals surface area contributed by atoms with Gasteiger partial charge in [-0.05, 0) is 17.7 Å². The van der Waals surface area contributed by atoms with E-state index in [1.807, 2.05) is 0 Å². The van der Waals surface area contributed by atoms with Gasteiger partial charge in [-0.3, -0.25) is 0 Å². The number of aliphatic hydroxyl groups is 1. The minimum Gasteiger partial charge on any atom is -0.493 e. The van der Waals surface area contributed by atoms with Gasteiger partial charge in [0.2, 0.25) is 0 Å². The summed E-state index contributed by atoms with van der Waals surface area (Å²) in [5, 5.41) is 9.70.